The van der Waals surface area contributed by atoms with Crippen LogP contribution in [0, 0.1) is 5.82 Å². The summed E-state index contributed by atoms with van der Waals surface area (Å²) in [4.78, 5) is 17.8. The van der Waals surface area contributed by atoms with Crippen LogP contribution in [-0.4, -0.2) is 22.0 Å². The van der Waals surface area contributed by atoms with E-state index in [0.717, 1.165) is 0 Å². The van der Waals surface area contributed by atoms with Crippen molar-refractivity contribution in [1.82, 2.24) is 9.55 Å². The molecule has 0 spiro atoms. The smallest absolute Gasteiger partial charge is 0.250 e. The van der Waals surface area contributed by atoms with E-state index < -0.39 is 5.82 Å². The summed E-state index contributed by atoms with van der Waals surface area (Å²) in [6.07, 6.45) is 5.69. The summed E-state index contributed by atoms with van der Waals surface area (Å²) in [6, 6.07) is 4.14. The van der Waals surface area contributed by atoms with Crippen molar-refractivity contribution in [3.8, 4) is 0 Å². The summed E-state index contributed by atoms with van der Waals surface area (Å²) < 4.78 is 15.2. The molecule has 19 heavy (non-hydrogen) atoms. The van der Waals surface area contributed by atoms with Gasteiger partial charge in [0.15, 0.2) is 0 Å². The molecule has 0 bridgehead atoms. The number of carbonyl (C=O) groups excluding carboxylic acids is 1. The summed E-state index contributed by atoms with van der Waals surface area (Å²) in [5, 5.41) is 0.0570. The number of aromatic nitrogens is 2. The van der Waals surface area contributed by atoms with Crippen molar-refractivity contribution in [2.75, 3.05) is 11.4 Å². The summed E-state index contributed by atoms with van der Waals surface area (Å²) in [5.41, 5.74) is 0.537. The van der Waals surface area contributed by atoms with E-state index in [1.807, 2.05) is 0 Å². The van der Waals surface area contributed by atoms with Crippen molar-refractivity contribution < 1.29 is 9.18 Å². The first-order valence-electron chi connectivity index (χ1n) is 5.90. The topological polar surface area (TPSA) is 38.1 Å². The van der Waals surface area contributed by atoms with E-state index in [-0.39, 0.29) is 17.0 Å². The predicted octanol–water partition coefficient (Wildman–Crippen LogP) is 2.65. The maximum absolute atomic E-state index is 13.4. The Labute approximate surface area is 114 Å². The Morgan fingerprint density at radius 2 is 2.26 bits per heavy atom. The van der Waals surface area contributed by atoms with Gasteiger partial charge in [-0.2, -0.15) is 0 Å². The Morgan fingerprint density at radius 1 is 1.42 bits per heavy atom. The largest absolute Gasteiger partial charge is 0.325 e. The normalized spacial score (nSPS) is 19.2. The van der Waals surface area contributed by atoms with Crippen molar-refractivity contribution in [3.63, 3.8) is 0 Å². The molecule has 0 saturated carbocycles. The summed E-state index contributed by atoms with van der Waals surface area (Å²) >= 11 is 5.64. The molecule has 6 heteroatoms. The Balaban J connectivity index is 1.87. The third kappa shape index (κ3) is 2.10. The van der Waals surface area contributed by atoms with Crippen molar-refractivity contribution in [2.24, 2.45) is 0 Å². The van der Waals surface area contributed by atoms with E-state index in [2.05, 4.69) is 4.98 Å². The Hall–Kier alpha value is -1.88. The molecule has 0 unspecified atom stereocenters. The highest BCUT2D eigenvalue weighted by Gasteiger charge is 2.33. The Kier molecular flexibility index (Phi) is 2.98. The Morgan fingerprint density at radius 3 is 2.95 bits per heavy atom. The lowest BCUT2D eigenvalue weighted by atomic mass is 10.2. The van der Waals surface area contributed by atoms with E-state index in [4.69, 9.17) is 11.6 Å². The van der Waals surface area contributed by atoms with Crippen LogP contribution in [0.3, 0.4) is 0 Å². The lowest BCUT2D eigenvalue weighted by Gasteiger charge is -2.17. The molecule has 1 aliphatic heterocycles. The van der Waals surface area contributed by atoms with Crippen molar-refractivity contribution in [1.29, 1.82) is 0 Å². The molecule has 1 saturated heterocycles. The number of hydrogen-bond acceptors (Lipinski definition) is 2. The summed E-state index contributed by atoms with van der Waals surface area (Å²) in [5.74, 6) is -0.572. The van der Waals surface area contributed by atoms with Crippen molar-refractivity contribution >= 4 is 23.2 Å². The molecular formula is C13H11ClFN3O. The number of rotatable bonds is 2. The zero-order valence-corrected chi connectivity index (χ0v) is 10.7. The molecule has 4 nitrogen and oxygen atoms in total. The van der Waals surface area contributed by atoms with Gasteiger partial charge in [0.25, 0.3) is 0 Å². The zero-order valence-electron chi connectivity index (χ0n) is 9.96. The minimum Gasteiger partial charge on any atom is -0.325 e. The second-order valence-electron chi connectivity index (χ2n) is 4.40. The molecule has 1 aliphatic rings. The average Bonchev–Trinajstić information content (AvgIpc) is 3.02. The lowest BCUT2D eigenvalue weighted by molar-refractivity contribution is -0.119. The monoisotopic (exact) mass is 279 g/mol. The first-order valence-corrected chi connectivity index (χ1v) is 6.28. The molecule has 98 valence electrons. The lowest BCUT2D eigenvalue weighted by Crippen LogP contribution is -2.28. The minimum atomic E-state index is -0.516. The van der Waals surface area contributed by atoms with E-state index in [0.29, 0.717) is 18.7 Å². The van der Waals surface area contributed by atoms with Crippen LogP contribution in [0.4, 0.5) is 10.1 Å². The van der Waals surface area contributed by atoms with Crippen LogP contribution in [0.25, 0.3) is 0 Å². The van der Waals surface area contributed by atoms with Gasteiger partial charge in [0.1, 0.15) is 11.9 Å². The third-order valence-electron chi connectivity index (χ3n) is 3.28. The molecule has 1 atom stereocenters. The highest BCUT2D eigenvalue weighted by atomic mass is 35.5. The number of amides is 1. The van der Waals surface area contributed by atoms with Gasteiger partial charge in [-0.15, -0.1) is 0 Å². The first kappa shape index (κ1) is 12.2. The minimum absolute atomic E-state index is 0.0558. The maximum Gasteiger partial charge on any atom is 0.250 e. The van der Waals surface area contributed by atoms with Crippen LogP contribution in [0.2, 0.25) is 5.02 Å². The van der Waals surface area contributed by atoms with Gasteiger partial charge < -0.3 is 9.47 Å². The van der Waals surface area contributed by atoms with Crippen LogP contribution in [0.15, 0.2) is 36.9 Å². The molecule has 2 heterocycles. The van der Waals surface area contributed by atoms with Gasteiger partial charge >= 0.3 is 0 Å². The van der Waals surface area contributed by atoms with Crippen LogP contribution >= 0.6 is 11.6 Å². The van der Waals surface area contributed by atoms with Gasteiger partial charge in [0, 0.05) is 24.6 Å². The molecular weight excluding hydrogens is 269 g/mol. The van der Waals surface area contributed by atoms with Gasteiger partial charge in [0.05, 0.1) is 11.3 Å². The second kappa shape index (κ2) is 4.66. The highest BCUT2D eigenvalue weighted by Crippen LogP contribution is 2.30. The van der Waals surface area contributed by atoms with E-state index in [1.54, 1.807) is 34.3 Å². The maximum atomic E-state index is 13.4. The molecule has 1 amide bonds. The molecule has 1 aromatic heterocycles. The summed E-state index contributed by atoms with van der Waals surface area (Å²) in [7, 11) is 0. The summed E-state index contributed by atoms with van der Waals surface area (Å²) in [6.45, 7) is 0.558. The molecule has 0 radical (unpaired) electrons. The van der Waals surface area contributed by atoms with Gasteiger partial charge in [-0.3, -0.25) is 4.79 Å². The fraction of sp³-hybridized carbons (Fsp3) is 0.231. The highest BCUT2D eigenvalue weighted by molar-refractivity contribution is 6.30. The number of benzene rings is 1. The van der Waals surface area contributed by atoms with Crippen LogP contribution in [0.5, 0.6) is 0 Å². The fourth-order valence-corrected chi connectivity index (χ4v) is 2.42. The quantitative estimate of drug-likeness (QED) is 0.848. The third-order valence-corrected chi connectivity index (χ3v) is 3.58. The number of carbonyl (C=O) groups is 1. The van der Waals surface area contributed by atoms with Gasteiger partial charge in [-0.1, -0.05) is 11.6 Å². The number of anilines is 1. The molecule has 1 aromatic carbocycles. The molecule has 0 aliphatic carbocycles. The van der Waals surface area contributed by atoms with E-state index in [1.165, 1.54) is 12.1 Å². The average molecular weight is 280 g/mol. The molecule has 1 fully saturated rings. The van der Waals surface area contributed by atoms with E-state index >= 15 is 0 Å². The zero-order chi connectivity index (χ0) is 13.4. The first-order chi connectivity index (χ1) is 9.16. The number of nitrogens with zero attached hydrogens (tertiary/aromatic N) is 3. The van der Waals surface area contributed by atoms with Crippen LogP contribution < -0.4 is 4.90 Å². The van der Waals surface area contributed by atoms with Gasteiger partial charge in [-0.05, 0) is 24.6 Å². The van der Waals surface area contributed by atoms with Gasteiger partial charge in [0.2, 0.25) is 5.91 Å². The van der Waals surface area contributed by atoms with Crippen molar-refractivity contribution in [2.45, 2.75) is 12.5 Å². The number of halogens is 2. The van der Waals surface area contributed by atoms with Crippen molar-refractivity contribution in [3.05, 3.63) is 47.8 Å². The number of imidazole rings is 1. The standard InChI is InChI=1S/C13H11ClFN3O/c14-10-2-1-9(7-11(10)15)18-5-3-12(13(18)19)17-6-4-16-8-17/h1-2,4,6-8,12H,3,5H2/t12-/m1/s1. The van der Waals surface area contributed by atoms with E-state index in [9.17, 15) is 9.18 Å². The number of hydrogen-bond donors (Lipinski definition) is 0. The Bertz CT molecular complexity index is 614. The van der Waals surface area contributed by atoms with Gasteiger partial charge in [-0.25, -0.2) is 9.37 Å². The second-order valence-corrected chi connectivity index (χ2v) is 4.81. The predicted molar refractivity (Wildman–Crippen MR) is 69.6 cm³/mol. The van der Waals surface area contributed by atoms with Crippen LogP contribution in [-0.2, 0) is 4.79 Å². The SMILES string of the molecule is O=C1[C@H](n2ccnc2)CCN1c1ccc(Cl)c(F)c1. The fourth-order valence-electron chi connectivity index (χ4n) is 2.30. The molecule has 2 aromatic rings. The molecule has 3 rings (SSSR count). The molecule has 0 N–H and O–H groups in total. The van der Waals surface area contributed by atoms with Crippen LogP contribution in [0.1, 0.15) is 12.5 Å².